The van der Waals surface area contributed by atoms with Crippen molar-refractivity contribution < 1.29 is 5.11 Å². The minimum Gasteiger partial charge on any atom is -0.507 e. The summed E-state index contributed by atoms with van der Waals surface area (Å²) < 4.78 is 0. The number of hydrogen-bond donors (Lipinski definition) is 1. The van der Waals surface area contributed by atoms with Crippen LogP contribution in [0.25, 0.3) is 44.5 Å². The second kappa shape index (κ2) is 13.5. The Morgan fingerprint density at radius 3 is 1.50 bits per heavy atom. The van der Waals surface area contributed by atoms with E-state index in [0.717, 1.165) is 28.0 Å². The van der Waals surface area contributed by atoms with Crippen LogP contribution in [0.1, 0.15) is 64.2 Å². The van der Waals surface area contributed by atoms with Gasteiger partial charge in [0, 0.05) is 5.56 Å². The Bertz CT molecular complexity index is 1670. The molecule has 0 atom stereocenters. The lowest BCUT2D eigenvalue weighted by atomic mass is 9.95. The van der Waals surface area contributed by atoms with Crippen molar-refractivity contribution in [2.75, 3.05) is 0 Å². The molecule has 0 radical (unpaired) electrons. The quantitative estimate of drug-likeness (QED) is 0.186. The smallest absolute Gasteiger partial charge is 0.123 e. The van der Waals surface area contributed by atoms with Gasteiger partial charge in [-0.2, -0.15) is 0 Å². The minimum atomic E-state index is -0.156. The van der Waals surface area contributed by atoms with E-state index in [1.165, 1.54) is 92.0 Å². The minimum absolute atomic E-state index is 0.156. The van der Waals surface area contributed by atoms with Crippen molar-refractivity contribution in [3.63, 3.8) is 0 Å². The van der Waals surface area contributed by atoms with E-state index in [1.807, 2.05) is 18.2 Å². The summed E-state index contributed by atoms with van der Waals surface area (Å²) in [6, 6.07) is 43.6. The van der Waals surface area contributed by atoms with E-state index < -0.39 is 0 Å². The normalized spacial score (nSPS) is 16.3. The van der Waals surface area contributed by atoms with Crippen LogP contribution < -0.4 is 5.30 Å². The lowest BCUT2D eigenvalue weighted by Crippen LogP contribution is -2.27. The summed E-state index contributed by atoms with van der Waals surface area (Å²) in [5.74, 6) is 0.310. The molecule has 5 aromatic rings. The Morgan fingerprint density at radius 2 is 0.886 bits per heavy atom. The molecule has 2 aliphatic carbocycles. The van der Waals surface area contributed by atoms with Crippen molar-refractivity contribution in [3.05, 3.63) is 121 Å². The highest BCUT2D eigenvalue weighted by Gasteiger charge is 2.33. The second-order valence-electron chi connectivity index (χ2n) is 12.8. The number of para-hydroxylation sites is 1. The highest BCUT2D eigenvalue weighted by Crippen LogP contribution is 2.56. The van der Waals surface area contributed by atoms with Gasteiger partial charge in [0.1, 0.15) is 5.75 Å². The maximum atomic E-state index is 10.4. The molecule has 2 saturated carbocycles. The van der Waals surface area contributed by atoms with E-state index in [2.05, 4.69) is 97.1 Å². The van der Waals surface area contributed by atoms with Crippen molar-refractivity contribution in [2.45, 2.75) is 75.5 Å². The zero-order valence-electron chi connectivity index (χ0n) is 25.7. The van der Waals surface area contributed by atoms with Crippen LogP contribution in [0.5, 0.6) is 5.75 Å². The summed E-state index contributed by atoms with van der Waals surface area (Å²) in [6.07, 6.45) is 14.3. The van der Waals surface area contributed by atoms with E-state index >= 15 is 0 Å². The molecule has 0 aliphatic heterocycles. The maximum absolute atomic E-state index is 10.4. The molecule has 0 heterocycles. The van der Waals surface area contributed by atoms with Crippen LogP contribution in [-0.2, 0) is 0 Å². The van der Waals surface area contributed by atoms with Gasteiger partial charge in [-0.05, 0) is 99.4 Å². The molecule has 0 aromatic heterocycles. The van der Waals surface area contributed by atoms with Gasteiger partial charge in [-0.3, -0.25) is 0 Å². The first-order valence-corrected chi connectivity index (χ1v) is 18.2. The number of benzene rings is 5. The predicted octanol–water partition coefficient (Wildman–Crippen LogP) is 11.8. The molecule has 0 bridgehead atoms. The summed E-state index contributed by atoms with van der Waals surface area (Å²) in [4.78, 5) is 0. The Labute approximate surface area is 264 Å². The molecule has 0 unspecified atom stereocenters. The third-order valence-corrected chi connectivity index (χ3v) is 13.5. The Hall–Kier alpha value is -3.67. The van der Waals surface area contributed by atoms with Gasteiger partial charge in [0.05, 0.1) is 0 Å². The van der Waals surface area contributed by atoms with Gasteiger partial charge in [-0.25, -0.2) is 0 Å². The lowest BCUT2D eigenvalue weighted by Gasteiger charge is -2.39. The van der Waals surface area contributed by atoms with Crippen LogP contribution >= 0.6 is 7.92 Å². The molecule has 2 aliphatic rings. The van der Waals surface area contributed by atoms with E-state index in [9.17, 15) is 5.11 Å². The van der Waals surface area contributed by atoms with Gasteiger partial charge >= 0.3 is 0 Å². The van der Waals surface area contributed by atoms with Crippen LogP contribution in [0.2, 0.25) is 0 Å². The highest BCUT2D eigenvalue weighted by atomic mass is 31.1. The average Bonchev–Trinajstić information content (AvgIpc) is 3.10. The first-order valence-electron chi connectivity index (χ1n) is 16.7. The molecule has 2 heteroatoms. The number of phenols is 1. The van der Waals surface area contributed by atoms with Gasteiger partial charge in [0.15, 0.2) is 0 Å². The first-order chi connectivity index (χ1) is 21.7. The Kier molecular flexibility index (Phi) is 8.94. The van der Waals surface area contributed by atoms with Crippen molar-refractivity contribution in [3.8, 4) is 50.3 Å². The number of hydrogen-bond acceptors (Lipinski definition) is 1. The highest BCUT2D eigenvalue weighted by molar-refractivity contribution is 7.67. The average molecular weight is 595 g/mol. The fourth-order valence-corrected chi connectivity index (χ4v) is 11.6. The van der Waals surface area contributed by atoms with E-state index in [1.54, 1.807) is 11.4 Å². The zero-order chi connectivity index (χ0) is 29.7. The zero-order valence-corrected chi connectivity index (χ0v) is 26.6. The standard InChI is InChI=1S/C42H43OP/c43-41-23-9-7-21-39(41)36-16-12-15-35(30-36)34-14-11-13-33(29-34)31-25-27-32(28-26-31)40-22-8-10-24-42(40)44(37-17-3-1-4-18-37)38-19-5-2-6-20-38/h7-16,21-30,37-38,43H,1-6,17-20H2. The van der Waals surface area contributed by atoms with Crippen LogP contribution in [-0.4, -0.2) is 16.4 Å². The number of aromatic hydroxyl groups is 1. The van der Waals surface area contributed by atoms with Crippen LogP contribution in [0, 0.1) is 0 Å². The summed E-state index contributed by atoms with van der Waals surface area (Å²) in [5, 5.41) is 12.1. The van der Waals surface area contributed by atoms with Crippen molar-refractivity contribution >= 4 is 13.2 Å². The van der Waals surface area contributed by atoms with Crippen molar-refractivity contribution in [1.29, 1.82) is 0 Å². The summed E-state index contributed by atoms with van der Waals surface area (Å²) in [5.41, 5.74) is 11.3. The summed E-state index contributed by atoms with van der Waals surface area (Å²) in [7, 11) is -0.156. The largest absolute Gasteiger partial charge is 0.507 e. The van der Waals surface area contributed by atoms with Crippen molar-refractivity contribution in [1.82, 2.24) is 0 Å². The molecule has 1 nitrogen and oxygen atoms in total. The van der Waals surface area contributed by atoms with Crippen LogP contribution in [0.4, 0.5) is 0 Å². The molecule has 5 aromatic carbocycles. The third-order valence-electron chi connectivity index (χ3n) is 9.92. The second-order valence-corrected chi connectivity index (χ2v) is 15.5. The topological polar surface area (TPSA) is 20.2 Å². The van der Waals surface area contributed by atoms with Gasteiger partial charge in [0.2, 0.25) is 0 Å². The van der Waals surface area contributed by atoms with E-state index in [4.69, 9.17) is 0 Å². The van der Waals surface area contributed by atoms with Gasteiger partial charge < -0.3 is 5.11 Å². The predicted molar refractivity (Wildman–Crippen MR) is 190 cm³/mol. The molecular formula is C42H43OP. The van der Waals surface area contributed by atoms with Gasteiger partial charge in [-0.15, -0.1) is 0 Å². The SMILES string of the molecule is Oc1ccccc1-c1cccc(-c2cccc(-c3ccc(-c4ccccc4P(C4CCCCC4)C4CCCCC4)cc3)c2)c1. The van der Waals surface area contributed by atoms with Crippen molar-refractivity contribution in [2.24, 2.45) is 0 Å². The van der Waals surface area contributed by atoms with E-state index in [-0.39, 0.29) is 7.92 Å². The fourth-order valence-electron chi connectivity index (χ4n) is 7.66. The molecule has 222 valence electrons. The number of rotatable bonds is 7. The Morgan fingerprint density at radius 1 is 0.409 bits per heavy atom. The molecular weight excluding hydrogens is 551 g/mol. The van der Waals surface area contributed by atoms with E-state index in [0.29, 0.717) is 5.75 Å². The van der Waals surface area contributed by atoms with Gasteiger partial charge in [-0.1, -0.05) is 150 Å². The molecule has 0 amide bonds. The molecule has 0 spiro atoms. The maximum Gasteiger partial charge on any atom is 0.123 e. The van der Waals surface area contributed by atoms with Crippen LogP contribution in [0.3, 0.4) is 0 Å². The monoisotopic (exact) mass is 594 g/mol. The fraction of sp³-hybridized carbons (Fsp3) is 0.286. The molecule has 1 N–H and O–H groups in total. The molecule has 0 saturated heterocycles. The first kappa shape index (κ1) is 29.1. The number of phenolic OH excluding ortho intramolecular Hbond substituents is 1. The van der Waals surface area contributed by atoms with Crippen LogP contribution in [0.15, 0.2) is 121 Å². The van der Waals surface area contributed by atoms with Gasteiger partial charge in [0.25, 0.3) is 0 Å². The summed E-state index contributed by atoms with van der Waals surface area (Å²) in [6.45, 7) is 0. The lowest BCUT2D eigenvalue weighted by molar-refractivity contribution is 0.477. The third kappa shape index (κ3) is 6.27. The molecule has 2 fully saturated rings. The summed E-state index contributed by atoms with van der Waals surface area (Å²) >= 11 is 0. The Balaban J connectivity index is 1.18. The molecule has 7 rings (SSSR count). The molecule has 44 heavy (non-hydrogen) atoms.